The van der Waals surface area contributed by atoms with Crippen LogP contribution in [0.15, 0.2) is 22.7 Å². The Morgan fingerprint density at radius 3 is 2.87 bits per heavy atom. The Labute approximate surface area is 141 Å². The van der Waals surface area contributed by atoms with E-state index in [4.69, 9.17) is 4.74 Å². The van der Waals surface area contributed by atoms with E-state index in [9.17, 15) is 14.7 Å². The quantitative estimate of drug-likeness (QED) is 0.672. The highest BCUT2D eigenvalue weighted by molar-refractivity contribution is 9.10. The number of amides is 3. The number of aliphatic hydroxyl groups excluding tert-OH is 1. The largest absolute Gasteiger partial charge is 0.490 e. The number of nitrogens with zero attached hydrogens (tertiary/aromatic N) is 1. The van der Waals surface area contributed by atoms with E-state index in [0.29, 0.717) is 30.6 Å². The Hall–Kier alpha value is -1.60. The number of carbonyl (C=O) groups is 2. The van der Waals surface area contributed by atoms with Crippen molar-refractivity contribution < 1.29 is 19.4 Å². The van der Waals surface area contributed by atoms with E-state index in [1.807, 2.05) is 12.1 Å². The summed E-state index contributed by atoms with van der Waals surface area (Å²) in [7, 11) is 1.49. The molecule has 1 spiro atoms. The lowest BCUT2D eigenvalue weighted by molar-refractivity contribution is -0.138. The third kappa shape index (κ3) is 1.96. The number of ether oxygens (including phenoxy) is 1. The molecule has 4 rings (SSSR count). The third-order valence-corrected chi connectivity index (χ3v) is 5.71. The van der Waals surface area contributed by atoms with E-state index in [1.54, 1.807) is 6.07 Å². The average Bonchev–Trinajstić information content (AvgIpc) is 2.74. The first kappa shape index (κ1) is 15.0. The summed E-state index contributed by atoms with van der Waals surface area (Å²) in [4.78, 5) is 26.3. The molecule has 0 radical (unpaired) electrons. The van der Waals surface area contributed by atoms with E-state index < -0.39 is 17.7 Å². The molecule has 7 heteroatoms. The van der Waals surface area contributed by atoms with Crippen LogP contribution in [0, 0.1) is 5.92 Å². The molecule has 0 aromatic heterocycles. The molecule has 1 saturated carbocycles. The molecule has 1 aliphatic carbocycles. The Morgan fingerprint density at radius 2 is 2.17 bits per heavy atom. The standard InChI is InChI=1S/C16H17BrN2O4/c1-19-14(21)16(18-15(19)22)10-4-3-9(20)7-13(10)23-12-5-2-8(17)6-11(12)16/h2,5-6,9-10,13,20H,3-4,7H2,1H3,(H,18,22). The first-order valence-corrected chi connectivity index (χ1v) is 8.48. The lowest BCUT2D eigenvalue weighted by Crippen LogP contribution is -2.59. The van der Waals surface area contributed by atoms with Crippen LogP contribution in [0.4, 0.5) is 4.79 Å². The minimum atomic E-state index is -1.10. The van der Waals surface area contributed by atoms with Crippen LogP contribution in [0.3, 0.4) is 0 Å². The zero-order valence-electron chi connectivity index (χ0n) is 12.6. The van der Waals surface area contributed by atoms with Crippen molar-refractivity contribution in [2.75, 3.05) is 7.05 Å². The molecule has 2 N–H and O–H groups in total. The summed E-state index contributed by atoms with van der Waals surface area (Å²) in [6.45, 7) is 0. The van der Waals surface area contributed by atoms with Crippen LogP contribution in [0.5, 0.6) is 5.75 Å². The van der Waals surface area contributed by atoms with Gasteiger partial charge in [-0.2, -0.15) is 0 Å². The average molecular weight is 381 g/mol. The van der Waals surface area contributed by atoms with Gasteiger partial charge in [-0.25, -0.2) is 4.79 Å². The van der Waals surface area contributed by atoms with Gasteiger partial charge in [0.05, 0.1) is 6.10 Å². The number of rotatable bonds is 0. The van der Waals surface area contributed by atoms with Crippen molar-refractivity contribution >= 4 is 27.9 Å². The van der Waals surface area contributed by atoms with Gasteiger partial charge in [-0.05, 0) is 31.0 Å². The molecule has 23 heavy (non-hydrogen) atoms. The van der Waals surface area contributed by atoms with Crippen LogP contribution < -0.4 is 10.1 Å². The van der Waals surface area contributed by atoms with Crippen molar-refractivity contribution in [2.45, 2.75) is 37.0 Å². The number of hydrogen-bond acceptors (Lipinski definition) is 4. The smallest absolute Gasteiger partial charge is 0.325 e. The summed E-state index contributed by atoms with van der Waals surface area (Å²) in [5.41, 5.74) is -0.416. The first-order valence-electron chi connectivity index (χ1n) is 7.68. The molecule has 1 aromatic rings. The van der Waals surface area contributed by atoms with E-state index in [0.717, 1.165) is 9.37 Å². The van der Waals surface area contributed by atoms with Gasteiger partial charge in [0.25, 0.3) is 5.91 Å². The van der Waals surface area contributed by atoms with Gasteiger partial charge >= 0.3 is 6.03 Å². The fourth-order valence-electron chi connectivity index (χ4n) is 4.11. The van der Waals surface area contributed by atoms with Gasteiger partial charge in [0.2, 0.25) is 0 Å². The Morgan fingerprint density at radius 1 is 1.39 bits per heavy atom. The maximum atomic E-state index is 13.0. The van der Waals surface area contributed by atoms with E-state index in [2.05, 4.69) is 21.2 Å². The van der Waals surface area contributed by atoms with E-state index >= 15 is 0 Å². The van der Waals surface area contributed by atoms with Crippen molar-refractivity contribution in [2.24, 2.45) is 5.92 Å². The highest BCUT2D eigenvalue weighted by Gasteiger charge is 2.62. The van der Waals surface area contributed by atoms with Crippen LogP contribution in [0.1, 0.15) is 24.8 Å². The number of urea groups is 1. The van der Waals surface area contributed by atoms with Crippen LogP contribution in [0.25, 0.3) is 0 Å². The third-order valence-electron chi connectivity index (χ3n) is 5.22. The van der Waals surface area contributed by atoms with Gasteiger partial charge in [-0.3, -0.25) is 9.69 Å². The van der Waals surface area contributed by atoms with Crippen molar-refractivity contribution in [3.63, 3.8) is 0 Å². The number of halogens is 1. The lowest BCUT2D eigenvalue weighted by atomic mass is 9.67. The zero-order valence-corrected chi connectivity index (χ0v) is 14.2. The molecule has 1 aromatic carbocycles. The maximum Gasteiger partial charge on any atom is 0.325 e. The molecule has 2 fully saturated rings. The number of carbonyl (C=O) groups excluding carboxylic acids is 2. The molecule has 3 aliphatic rings. The summed E-state index contributed by atoms with van der Waals surface area (Å²) < 4.78 is 6.89. The highest BCUT2D eigenvalue weighted by atomic mass is 79.9. The topological polar surface area (TPSA) is 78.9 Å². The second kappa shape index (κ2) is 4.95. The number of fused-ring (bicyclic) bond motifs is 4. The number of hydrogen-bond donors (Lipinski definition) is 2. The van der Waals surface area contributed by atoms with Gasteiger partial charge in [-0.15, -0.1) is 0 Å². The monoisotopic (exact) mass is 380 g/mol. The molecule has 2 aliphatic heterocycles. The van der Waals surface area contributed by atoms with Gasteiger partial charge in [0, 0.05) is 29.4 Å². The molecule has 6 nitrogen and oxygen atoms in total. The van der Waals surface area contributed by atoms with Gasteiger partial charge in [-0.1, -0.05) is 15.9 Å². The summed E-state index contributed by atoms with van der Waals surface area (Å²) in [6, 6.07) is 5.09. The Bertz CT molecular complexity index is 709. The van der Waals surface area contributed by atoms with Crippen molar-refractivity contribution in [3.8, 4) is 5.75 Å². The van der Waals surface area contributed by atoms with Gasteiger partial charge in [0.1, 0.15) is 11.9 Å². The second-order valence-electron chi connectivity index (χ2n) is 6.47. The molecule has 2 heterocycles. The van der Waals surface area contributed by atoms with Gasteiger partial charge < -0.3 is 15.2 Å². The maximum absolute atomic E-state index is 13.0. The summed E-state index contributed by atoms with van der Waals surface area (Å²) in [5.74, 6) is 0.151. The van der Waals surface area contributed by atoms with Crippen molar-refractivity contribution in [1.29, 1.82) is 0 Å². The summed E-state index contributed by atoms with van der Waals surface area (Å²) in [6.07, 6.45) is 0.966. The number of nitrogens with one attached hydrogen (secondary N) is 1. The van der Waals surface area contributed by atoms with Crippen LogP contribution in [0.2, 0.25) is 0 Å². The second-order valence-corrected chi connectivity index (χ2v) is 7.39. The molecule has 4 unspecified atom stereocenters. The fraction of sp³-hybridized carbons (Fsp3) is 0.500. The minimum absolute atomic E-state index is 0.186. The number of likely N-dealkylation sites (N-methyl/N-ethyl adjacent to an activating group) is 1. The van der Waals surface area contributed by atoms with E-state index in [-0.39, 0.29) is 17.9 Å². The summed E-state index contributed by atoms with van der Waals surface area (Å²) >= 11 is 3.44. The zero-order chi connectivity index (χ0) is 16.4. The predicted octanol–water partition coefficient (Wildman–Crippen LogP) is 1.75. The van der Waals surface area contributed by atoms with Gasteiger partial charge in [0.15, 0.2) is 5.54 Å². The van der Waals surface area contributed by atoms with Crippen LogP contribution in [-0.2, 0) is 10.3 Å². The highest BCUT2D eigenvalue weighted by Crippen LogP contribution is 2.51. The molecular formula is C16H17BrN2O4. The molecule has 1 saturated heterocycles. The number of imide groups is 1. The van der Waals surface area contributed by atoms with Crippen molar-refractivity contribution in [3.05, 3.63) is 28.2 Å². The molecule has 0 bridgehead atoms. The van der Waals surface area contributed by atoms with E-state index in [1.165, 1.54) is 7.05 Å². The fourth-order valence-corrected chi connectivity index (χ4v) is 4.47. The normalized spacial score (nSPS) is 35.6. The SMILES string of the molecule is CN1C(=O)NC2(C1=O)c1cc(Br)ccc1OC1CC(O)CCC12. The number of aliphatic hydroxyl groups is 1. The predicted molar refractivity (Wildman–Crippen MR) is 84.9 cm³/mol. The minimum Gasteiger partial charge on any atom is -0.490 e. The molecule has 122 valence electrons. The number of benzene rings is 1. The lowest BCUT2D eigenvalue weighted by Gasteiger charge is -2.47. The molecule has 4 atom stereocenters. The van der Waals surface area contributed by atoms with Crippen LogP contribution in [-0.4, -0.2) is 41.2 Å². The van der Waals surface area contributed by atoms with Crippen molar-refractivity contribution in [1.82, 2.24) is 10.2 Å². The molecule has 3 amide bonds. The summed E-state index contributed by atoms with van der Waals surface area (Å²) in [5, 5.41) is 12.9. The van der Waals surface area contributed by atoms with Crippen LogP contribution >= 0.6 is 15.9 Å². The molecular weight excluding hydrogens is 364 g/mol. The Kier molecular flexibility index (Phi) is 3.22. The first-order chi connectivity index (χ1) is 10.9. The Balaban J connectivity index is 1.92.